The van der Waals surface area contributed by atoms with E-state index >= 15 is 0 Å². The first kappa shape index (κ1) is 22.4. The fourth-order valence-electron chi connectivity index (χ4n) is 6.28. The first-order valence-corrected chi connectivity index (χ1v) is 12.0. The summed E-state index contributed by atoms with van der Waals surface area (Å²) < 4.78 is 6.26. The van der Waals surface area contributed by atoms with Gasteiger partial charge in [0.05, 0.1) is 5.41 Å². The molecule has 0 spiro atoms. The van der Waals surface area contributed by atoms with Crippen molar-refractivity contribution in [1.82, 2.24) is 0 Å². The summed E-state index contributed by atoms with van der Waals surface area (Å²) in [5, 5.41) is 0. The lowest BCUT2D eigenvalue weighted by Crippen LogP contribution is -2.54. The first-order valence-electron chi connectivity index (χ1n) is 12.0. The molecule has 1 aromatic carbocycles. The molecule has 0 saturated heterocycles. The van der Waals surface area contributed by atoms with E-state index in [1.807, 2.05) is 0 Å². The molecule has 162 valence electrons. The second-order valence-electron chi connectivity index (χ2n) is 10.8. The van der Waals surface area contributed by atoms with Crippen LogP contribution in [-0.4, -0.2) is 11.6 Å². The van der Waals surface area contributed by atoms with Gasteiger partial charge in [0, 0.05) is 0 Å². The SMILES string of the molecule is CCCC(C)(CC)OC(=O)C1(C)CCCC2(C)c3ccc(C(C)C)cc3CCC12. The number of carbonyl (C=O) groups is 1. The van der Waals surface area contributed by atoms with Crippen molar-refractivity contribution in [1.29, 1.82) is 0 Å². The van der Waals surface area contributed by atoms with Crippen molar-refractivity contribution in [3.05, 3.63) is 34.9 Å². The molecule has 0 aliphatic heterocycles. The molecule has 4 unspecified atom stereocenters. The Balaban J connectivity index is 1.93. The van der Waals surface area contributed by atoms with Crippen molar-refractivity contribution >= 4 is 5.97 Å². The summed E-state index contributed by atoms with van der Waals surface area (Å²) in [5.41, 5.74) is 3.79. The van der Waals surface area contributed by atoms with Crippen molar-refractivity contribution in [3.63, 3.8) is 0 Å². The van der Waals surface area contributed by atoms with Crippen LogP contribution >= 0.6 is 0 Å². The van der Waals surface area contributed by atoms with Gasteiger partial charge in [-0.15, -0.1) is 0 Å². The molecule has 1 saturated carbocycles. The monoisotopic (exact) mass is 398 g/mol. The van der Waals surface area contributed by atoms with Gasteiger partial charge in [-0.05, 0) is 86.3 Å². The predicted octanol–water partition coefficient (Wildman–Crippen LogP) is 7.33. The van der Waals surface area contributed by atoms with Gasteiger partial charge in [-0.25, -0.2) is 0 Å². The summed E-state index contributed by atoms with van der Waals surface area (Å²) in [4.78, 5) is 13.6. The molecule has 0 amide bonds. The highest BCUT2D eigenvalue weighted by Gasteiger charge is 2.56. The Bertz CT molecular complexity index is 751. The normalized spacial score (nSPS) is 31.0. The minimum Gasteiger partial charge on any atom is -0.459 e. The third-order valence-corrected chi connectivity index (χ3v) is 8.38. The van der Waals surface area contributed by atoms with Crippen LogP contribution in [0.2, 0.25) is 0 Å². The molecule has 0 aromatic heterocycles. The second kappa shape index (κ2) is 8.08. The van der Waals surface area contributed by atoms with Gasteiger partial charge in [0.1, 0.15) is 5.60 Å². The van der Waals surface area contributed by atoms with Crippen molar-refractivity contribution in [2.24, 2.45) is 11.3 Å². The molecule has 0 radical (unpaired) electrons. The summed E-state index contributed by atoms with van der Waals surface area (Å²) in [6.07, 6.45) is 8.26. The van der Waals surface area contributed by atoms with E-state index in [2.05, 4.69) is 66.7 Å². The average molecular weight is 399 g/mol. The highest BCUT2D eigenvalue weighted by Crippen LogP contribution is 2.58. The van der Waals surface area contributed by atoms with Crippen molar-refractivity contribution in [2.45, 2.75) is 117 Å². The highest BCUT2D eigenvalue weighted by molar-refractivity contribution is 5.78. The van der Waals surface area contributed by atoms with Gasteiger partial charge in [0.25, 0.3) is 0 Å². The molecular formula is C27H42O2. The summed E-state index contributed by atoms with van der Waals surface area (Å²) in [6.45, 7) is 15.6. The van der Waals surface area contributed by atoms with Crippen LogP contribution in [-0.2, 0) is 21.4 Å². The molecular weight excluding hydrogens is 356 g/mol. The number of ether oxygens (including phenoxy) is 1. The number of benzene rings is 1. The molecule has 2 aliphatic carbocycles. The lowest BCUT2D eigenvalue weighted by atomic mass is 9.49. The maximum Gasteiger partial charge on any atom is 0.312 e. The number of aryl methyl sites for hydroxylation is 1. The van der Waals surface area contributed by atoms with Crippen LogP contribution < -0.4 is 0 Å². The van der Waals surface area contributed by atoms with Gasteiger partial charge in [0.15, 0.2) is 0 Å². The summed E-state index contributed by atoms with van der Waals surface area (Å²) in [7, 11) is 0. The number of esters is 1. The molecule has 29 heavy (non-hydrogen) atoms. The van der Waals surface area contributed by atoms with Gasteiger partial charge in [-0.1, -0.05) is 65.7 Å². The minimum absolute atomic E-state index is 0.0495. The van der Waals surface area contributed by atoms with Gasteiger partial charge >= 0.3 is 5.97 Å². The Labute approximate surface area is 178 Å². The fourth-order valence-corrected chi connectivity index (χ4v) is 6.28. The Hall–Kier alpha value is -1.31. The van der Waals surface area contributed by atoms with E-state index in [4.69, 9.17) is 4.74 Å². The van der Waals surface area contributed by atoms with E-state index in [0.29, 0.717) is 11.8 Å². The molecule has 2 heteroatoms. The number of fused-ring (bicyclic) bond motifs is 3. The van der Waals surface area contributed by atoms with E-state index < -0.39 is 0 Å². The summed E-state index contributed by atoms with van der Waals surface area (Å²) in [6, 6.07) is 7.12. The molecule has 0 heterocycles. The lowest BCUT2D eigenvalue weighted by molar-refractivity contribution is -0.180. The minimum atomic E-state index is -0.383. The van der Waals surface area contributed by atoms with Crippen LogP contribution in [0.25, 0.3) is 0 Å². The topological polar surface area (TPSA) is 26.3 Å². The van der Waals surface area contributed by atoms with Crippen LogP contribution in [0.15, 0.2) is 18.2 Å². The summed E-state index contributed by atoms with van der Waals surface area (Å²) >= 11 is 0. The molecule has 3 rings (SSSR count). The summed E-state index contributed by atoms with van der Waals surface area (Å²) in [5.74, 6) is 0.965. The van der Waals surface area contributed by atoms with Gasteiger partial charge in [-0.3, -0.25) is 4.79 Å². The van der Waals surface area contributed by atoms with E-state index in [-0.39, 0.29) is 22.4 Å². The zero-order valence-electron chi connectivity index (χ0n) is 19.9. The standard InChI is InChI=1S/C27H42O2/c1-8-15-25(5,9-2)29-24(28)27(7)17-10-16-26(6)22-13-11-20(19(3)4)18-21(22)12-14-23(26)27/h11,13,18-19,23H,8-10,12,14-17H2,1-7H3. The van der Waals surface area contributed by atoms with Crippen molar-refractivity contribution < 1.29 is 9.53 Å². The molecule has 2 nitrogen and oxygen atoms in total. The quantitative estimate of drug-likeness (QED) is 0.469. The number of hydrogen-bond acceptors (Lipinski definition) is 2. The molecule has 0 N–H and O–H groups in total. The Morgan fingerprint density at radius 2 is 1.97 bits per heavy atom. The molecule has 0 bridgehead atoms. The van der Waals surface area contributed by atoms with Gasteiger partial charge in [0.2, 0.25) is 0 Å². The molecule has 1 fully saturated rings. The lowest BCUT2D eigenvalue weighted by Gasteiger charge is -2.54. The van der Waals surface area contributed by atoms with E-state index in [1.165, 1.54) is 23.1 Å². The van der Waals surface area contributed by atoms with E-state index in [0.717, 1.165) is 44.9 Å². The number of rotatable bonds is 6. The molecule has 4 atom stereocenters. The highest BCUT2D eigenvalue weighted by atomic mass is 16.6. The van der Waals surface area contributed by atoms with Crippen LogP contribution in [0.3, 0.4) is 0 Å². The van der Waals surface area contributed by atoms with Crippen LogP contribution in [0, 0.1) is 11.3 Å². The predicted molar refractivity (Wildman–Crippen MR) is 121 cm³/mol. The fraction of sp³-hybridized carbons (Fsp3) is 0.741. The number of carbonyl (C=O) groups excluding carboxylic acids is 1. The third-order valence-electron chi connectivity index (χ3n) is 8.38. The maximum absolute atomic E-state index is 13.6. The largest absolute Gasteiger partial charge is 0.459 e. The number of hydrogen-bond donors (Lipinski definition) is 0. The van der Waals surface area contributed by atoms with Gasteiger partial charge < -0.3 is 4.74 Å². The Kier molecular flexibility index (Phi) is 6.23. The van der Waals surface area contributed by atoms with Crippen LogP contribution in [0.5, 0.6) is 0 Å². The zero-order valence-corrected chi connectivity index (χ0v) is 19.9. The van der Waals surface area contributed by atoms with Crippen molar-refractivity contribution in [3.8, 4) is 0 Å². The Morgan fingerprint density at radius 1 is 1.24 bits per heavy atom. The van der Waals surface area contributed by atoms with E-state index in [9.17, 15) is 4.79 Å². The van der Waals surface area contributed by atoms with Gasteiger partial charge in [-0.2, -0.15) is 0 Å². The maximum atomic E-state index is 13.6. The zero-order chi connectivity index (χ0) is 21.4. The third kappa shape index (κ3) is 3.89. The van der Waals surface area contributed by atoms with Crippen LogP contribution in [0.4, 0.5) is 0 Å². The molecule has 1 aromatic rings. The first-order chi connectivity index (χ1) is 13.6. The second-order valence-corrected chi connectivity index (χ2v) is 10.8. The van der Waals surface area contributed by atoms with Crippen molar-refractivity contribution in [2.75, 3.05) is 0 Å². The smallest absolute Gasteiger partial charge is 0.312 e. The Morgan fingerprint density at radius 3 is 2.59 bits per heavy atom. The van der Waals surface area contributed by atoms with E-state index in [1.54, 1.807) is 0 Å². The molecule has 2 aliphatic rings. The average Bonchev–Trinajstić information content (AvgIpc) is 2.67. The van der Waals surface area contributed by atoms with Crippen LogP contribution in [0.1, 0.15) is 116 Å².